The predicted octanol–water partition coefficient (Wildman–Crippen LogP) is 1.27. The maximum absolute atomic E-state index is 11.0. The van der Waals surface area contributed by atoms with Crippen molar-refractivity contribution in [1.29, 1.82) is 0 Å². The highest BCUT2D eigenvalue weighted by atomic mass is 16.7. The highest BCUT2D eigenvalue weighted by Crippen LogP contribution is 2.59. The molecule has 0 bridgehead atoms. The van der Waals surface area contributed by atoms with Gasteiger partial charge in [0, 0.05) is 0 Å². The third-order valence-corrected chi connectivity index (χ3v) is 4.88. The lowest BCUT2D eigenvalue weighted by Crippen LogP contribution is -2.54. The maximum atomic E-state index is 11.0. The van der Waals surface area contributed by atoms with E-state index >= 15 is 0 Å². The van der Waals surface area contributed by atoms with E-state index in [1.54, 1.807) is 5.57 Å². The number of hydrogen-bond acceptors (Lipinski definition) is 4. The summed E-state index contributed by atoms with van der Waals surface area (Å²) in [5, 5.41) is 2.77. The van der Waals surface area contributed by atoms with Crippen molar-refractivity contribution in [2.75, 3.05) is 6.54 Å². The fourth-order valence-corrected chi connectivity index (χ4v) is 3.90. The van der Waals surface area contributed by atoms with Crippen LogP contribution in [0, 0.1) is 17.3 Å². The number of hydrogen-bond donors (Lipinski definition) is 3. The molecule has 0 radical (unpaired) electrons. The number of amides is 1. The Bertz CT molecular complexity index is 396. The average molecular weight is 251 g/mol. The number of hydroxylamine groups is 1. The highest BCUT2D eigenvalue weighted by molar-refractivity contribution is 5.68. The molecule has 3 rings (SSSR count). The van der Waals surface area contributed by atoms with Crippen LogP contribution in [-0.4, -0.2) is 18.8 Å². The number of nitrogens with two attached hydrogens (primary N) is 1. The Kier molecular flexibility index (Phi) is 2.83. The first kappa shape index (κ1) is 12.0. The van der Waals surface area contributed by atoms with Crippen LogP contribution in [0.1, 0.15) is 32.6 Å². The molecule has 1 unspecified atom stereocenters. The molecule has 3 aliphatic rings. The van der Waals surface area contributed by atoms with Crippen molar-refractivity contribution in [3.8, 4) is 0 Å². The lowest BCUT2D eigenvalue weighted by atomic mass is 9.53. The molecular formula is C13H21N3O2. The van der Waals surface area contributed by atoms with Crippen LogP contribution in [0.4, 0.5) is 4.79 Å². The molecule has 4 N–H and O–H groups in total. The summed E-state index contributed by atoms with van der Waals surface area (Å²) < 4.78 is 0. The third kappa shape index (κ3) is 1.73. The van der Waals surface area contributed by atoms with E-state index in [4.69, 9.17) is 10.6 Å². The average Bonchev–Trinajstić information content (AvgIpc) is 2.91. The molecule has 2 fully saturated rings. The molecule has 1 saturated carbocycles. The van der Waals surface area contributed by atoms with Crippen LogP contribution in [0.5, 0.6) is 0 Å². The summed E-state index contributed by atoms with van der Waals surface area (Å²) >= 11 is 0. The Balaban J connectivity index is 1.69. The van der Waals surface area contributed by atoms with Crippen LogP contribution >= 0.6 is 0 Å². The molecule has 1 aliphatic heterocycles. The van der Waals surface area contributed by atoms with Gasteiger partial charge in [0.25, 0.3) is 0 Å². The fraction of sp³-hybridized carbons (Fsp3) is 0.769. The van der Waals surface area contributed by atoms with Gasteiger partial charge in [0.05, 0.1) is 0 Å². The zero-order chi connectivity index (χ0) is 12.8. The van der Waals surface area contributed by atoms with Crippen molar-refractivity contribution in [2.45, 2.75) is 38.8 Å². The summed E-state index contributed by atoms with van der Waals surface area (Å²) in [5.74, 6) is 1.37. The zero-order valence-corrected chi connectivity index (χ0v) is 10.7. The van der Waals surface area contributed by atoms with Crippen molar-refractivity contribution in [3.63, 3.8) is 0 Å². The summed E-state index contributed by atoms with van der Waals surface area (Å²) in [6.45, 7) is 2.89. The van der Waals surface area contributed by atoms with Crippen LogP contribution in [0.3, 0.4) is 0 Å². The molecule has 1 heterocycles. The second kappa shape index (κ2) is 4.24. The zero-order valence-electron chi connectivity index (χ0n) is 10.7. The quantitative estimate of drug-likeness (QED) is 0.658. The van der Waals surface area contributed by atoms with Crippen LogP contribution in [0.25, 0.3) is 0 Å². The minimum atomic E-state index is -0.390. The van der Waals surface area contributed by atoms with E-state index < -0.39 is 0 Å². The smallest absolute Gasteiger partial charge is 0.352 e. The third-order valence-electron chi connectivity index (χ3n) is 4.88. The van der Waals surface area contributed by atoms with Gasteiger partial charge in [0.15, 0.2) is 0 Å². The van der Waals surface area contributed by atoms with E-state index in [1.165, 1.54) is 12.8 Å². The van der Waals surface area contributed by atoms with Gasteiger partial charge in [-0.2, -0.15) is 0 Å². The first-order chi connectivity index (χ1) is 8.66. The van der Waals surface area contributed by atoms with Gasteiger partial charge in [-0.3, -0.25) is 0 Å². The summed E-state index contributed by atoms with van der Waals surface area (Å²) in [5.41, 5.74) is 10.5. The molecule has 100 valence electrons. The van der Waals surface area contributed by atoms with Gasteiger partial charge in [-0.25, -0.2) is 4.79 Å². The first-order valence-corrected chi connectivity index (χ1v) is 6.79. The summed E-state index contributed by atoms with van der Waals surface area (Å²) in [4.78, 5) is 15.7. The van der Waals surface area contributed by atoms with Crippen molar-refractivity contribution in [2.24, 2.45) is 23.0 Å². The SMILES string of the molecule is CCC1=C[C@@H]2[C@H](C1)C[C@]2(CN)CC1NOC(=O)N1. The lowest BCUT2D eigenvalue weighted by Gasteiger charge is -2.52. The number of rotatable bonds is 4. The van der Waals surface area contributed by atoms with Crippen molar-refractivity contribution >= 4 is 6.09 Å². The molecule has 2 aliphatic carbocycles. The molecule has 0 aromatic heterocycles. The molecule has 18 heavy (non-hydrogen) atoms. The van der Waals surface area contributed by atoms with Gasteiger partial charge in [-0.15, -0.1) is 5.48 Å². The van der Waals surface area contributed by atoms with Gasteiger partial charge < -0.3 is 15.9 Å². The van der Waals surface area contributed by atoms with Crippen molar-refractivity contribution in [1.82, 2.24) is 10.8 Å². The largest absolute Gasteiger partial charge is 0.427 e. The fourth-order valence-electron chi connectivity index (χ4n) is 3.90. The Morgan fingerprint density at radius 3 is 3.06 bits per heavy atom. The lowest BCUT2D eigenvalue weighted by molar-refractivity contribution is -0.0164. The topological polar surface area (TPSA) is 76.4 Å². The number of allylic oxidation sites excluding steroid dienone is 2. The minimum absolute atomic E-state index is 0.0962. The summed E-state index contributed by atoms with van der Waals surface area (Å²) in [7, 11) is 0. The standard InChI is InChI=1S/C13H21N3O2/c1-2-8-3-9-5-13(7-14,10(9)4-8)6-11-15-12(17)18-16-11/h4,9-11,16H,2-3,5-7,14H2,1H3,(H,15,17)/t9-,10-,11?,13-/m1/s1. The van der Waals surface area contributed by atoms with Gasteiger partial charge in [-0.05, 0) is 49.5 Å². The van der Waals surface area contributed by atoms with Crippen molar-refractivity contribution in [3.05, 3.63) is 11.6 Å². The van der Waals surface area contributed by atoms with Crippen molar-refractivity contribution < 1.29 is 9.63 Å². The molecule has 4 atom stereocenters. The van der Waals surface area contributed by atoms with Gasteiger partial charge in [-0.1, -0.05) is 18.6 Å². The second-order valence-electron chi connectivity index (χ2n) is 5.85. The molecule has 5 nitrogen and oxygen atoms in total. The Labute approximate surface area is 107 Å². The molecular weight excluding hydrogens is 230 g/mol. The van der Waals surface area contributed by atoms with Gasteiger partial charge >= 0.3 is 6.09 Å². The molecule has 5 heteroatoms. The summed E-state index contributed by atoms with van der Waals surface area (Å²) in [6, 6.07) is 0. The highest BCUT2D eigenvalue weighted by Gasteiger charge is 2.55. The minimum Gasteiger partial charge on any atom is -0.352 e. The Hall–Kier alpha value is -1.07. The second-order valence-corrected chi connectivity index (χ2v) is 5.85. The normalized spacial score (nSPS) is 41.8. The molecule has 0 aromatic carbocycles. The molecule has 0 aromatic rings. The predicted molar refractivity (Wildman–Crippen MR) is 67.2 cm³/mol. The first-order valence-electron chi connectivity index (χ1n) is 6.79. The maximum Gasteiger partial charge on any atom is 0.427 e. The number of carbonyl (C=O) groups excluding carboxylic acids is 1. The van der Waals surface area contributed by atoms with E-state index in [-0.39, 0.29) is 17.7 Å². The van der Waals surface area contributed by atoms with E-state index in [1.807, 2.05) is 0 Å². The van der Waals surface area contributed by atoms with E-state index in [9.17, 15) is 4.79 Å². The van der Waals surface area contributed by atoms with E-state index in [0.29, 0.717) is 12.5 Å². The summed E-state index contributed by atoms with van der Waals surface area (Å²) in [6.07, 6.45) is 6.35. The number of fused-ring (bicyclic) bond motifs is 1. The van der Waals surface area contributed by atoms with Crippen LogP contribution < -0.4 is 16.5 Å². The monoisotopic (exact) mass is 251 g/mol. The van der Waals surface area contributed by atoms with Gasteiger partial charge in [0.2, 0.25) is 0 Å². The molecule has 1 saturated heterocycles. The Morgan fingerprint density at radius 1 is 1.61 bits per heavy atom. The molecule has 0 spiro atoms. The van der Waals surface area contributed by atoms with Crippen LogP contribution in [0.2, 0.25) is 0 Å². The van der Waals surface area contributed by atoms with Crippen LogP contribution in [0.15, 0.2) is 11.6 Å². The van der Waals surface area contributed by atoms with Crippen LogP contribution in [-0.2, 0) is 4.84 Å². The molecule has 1 amide bonds. The van der Waals surface area contributed by atoms with Gasteiger partial charge in [0.1, 0.15) is 6.17 Å². The van der Waals surface area contributed by atoms with E-state index in [0.717, 1.165) is 18.8 Å². The number of nitrogens with one attached hydrogen (secondary N) is 2. The number of carbonyl (C=O) groups is 1. The Morgan fingerprint density at radius 2 is 2.44 bits per heavy atom. The van der Waals surface area contributed by atoms with E-state index in [2.05, 4.69) is 23.8 Å².